The van der Waals surface area contributed by atoms with Crippen molar-refractivity contribution < 1.29 is 18.9 Å². The number of ether oxygens (including phenoxy) is 4. The van der Waals surface area contributed by atoms with Crippen LogP contribution in [-0.2, 0) is 0 Å². The number of benzene rings is 2. The van der Waals surface area contributed by atoms with Crippen LogP contribution in [0.4, 0.5) is 0 Å². The first-order valence-corrected chi connectivity index (χ1v) is 9.57. The van der Waals surface area contributed by atoms with Crippen molar-refractivity contribution >= 4 is 29.9 Å². The molecule has 0 heterocycles. The first-order valence-electron chi connectivity index (χ1n) is 9.57. The summed E-state index contributed by atoms with van der Waals surface area (Å²) >= 11 is 0. The number of nitrogens with one attached hydrogen (secondary N) is 2. The molecule has 1 atom stereocenters. The predicted molar refractivity (Wildman–Crippen MR) is 131 cm³/mol. The number of halogens is 1. The van der Waals surface area contributed by atoms with E-state index >= 15 is 0 Å². The molecule has 0 aliphatic carbocycles. The van der Waals surface area contributed by atoms with Gasteiger partial charge in [0.15, 0.2) is 5.96 Å². The van der Waals surface area contributed by atoms with E-state index in [0.29, 0.717) is 12.6 Å². The molecule has 0 bridgehead atoms. The van der Waals surface area contributed by atoms with E-state index in [1.165, 1.54) is 0 Å². The molecule has 30 heavy (non-hydrogen) atoms. The fourth-order valence-electron chi connectivity index (χ4n) is 2.82. The van der Waals surface area contributed by atoms with E-state index in [-0.39, 0.29) is 30.0 Å². The van der Waals surface area contributed by atoms with Crippen LogP contribution in [0.5, 0.6) is 23.0 Å². The van der Waals surface area contributed by atoms with Crippen LogP contribution in [0, 0.1) is 0 Å². The molecule has 0 saturated heterocycles. The summed E-state index contributed by atoms with van der Waals surface area (Å²) in [5.74, 6) is 3.88. The van der Waals surface area contributed by atoms with Crippen LogP contribution in [0.2, 0.25) is 0 Å². The van der Waals surface area contributed by atoms with Crippen LogP contribution < -0.4 is 29.6 Å². The van der Waals surface area contributed by atoms with Gasteiger partial charge in [-0.3, -0.25) is 4.99 Å². The minimum Gasteiger partial charge on any atom is -0.497 e. The molecular formula is C22H32IN3O4. The molecule has 0 saturated carbocycles. The second kappa shape index (κ2) is 13.8. The van der Waals surface area contributed by atoms with Gasteiger partial charge in [0, 0.05) is 25.2 Å². The number of hydrogen-bond acceptors (Lipinski definition) is 5. The summed E-state index contributed by atoms with van der Waals surface area (Å²) in [5.41, 5.74) is 0.996. The molecule has 0 aromatic heterocycles. The van der Waals surface area contributed by atoms with Crippen molar-refractivity contribution in [1.82, 2.24) is 10.6 Å². The zero-order valence-electron chi connectivity index (χ0n) is 18.2. The van der Waals surface area contributed by atoms with E-state index in [9.17, 15) is 0 Å². The second-order valence-electron chi connectivity index (χ2n) is 6.35. The highest BCUT2D eigenvalue weighted by Gasteiger charge is 2.14. The van der Waals surface area contributed by atoms with E-state index < -0.39 is 0 Å². The van der Waals surface area contributed by atoms with Crippen molar-refractivity contribution in [1.29, 1.82) is 0 Å². The minimum atomic E-state index is -0.0146. The topological polar surface area (TPSA) is 73.3 Å². The molecule has 8 heteroatoms. The summed E-state index contributed by atoms with van der Waals surface area (Å²) < 4.78 is 21.8. The zero-order valence-corrected chi connectivity index (χ0v) is 20.6. The summed E-state index contributed by atoms with van der Waals surface area (Å²) in [5, 5.41) is 6.69. The third-order valence-corrected chi connectivity index (χ3v) is 4.40. The van der Waals surface area contributed by atoms with Crippen molar-refractivity contribution in [2.24, 2.45) is 4.99 Å². The maximum atomic E-state index is 5.76. The third-order valence-electron chi connectivity index (χ3n) is 4.40. The maximum absolute atomic E-state index is 5.76. The van der Waals surface area contributed by atoms with Gasteiger partial charge in [0.05, 0.1) is 34.0 Å². The summed E-state index contributed by atoms with van der Waals surface area (Å²) in [6, 6.07) is 13.3. The Morgan fingerprint density at radius 3 is 2.33 bits per heavy atom. The van der Waals surface area contributed by atoms with Gasteiger partial charge < -0.3 is 29.6 Å². The van der Waals surface area contributed by atoms with Gasteiger partial charge in [0.2, 0.25) is 0 Å². The Morgan fingerprint density at radius 2 is 1.67 bits per heavy atom. The number of hydrogen-bond donors (Lipinski definition) is 2. The number of methoxy groups -OCH3 is 3. The van der Waals surface area contributed by atoms with Crippen molar-refractivity contribution in [3.63, 3.8) is 0 Å². The lowest BCUT2D eigenvalue weighted by Crippen LogP contribution is -2.39. The fraction of sp³-hybridized carbons (Fsp3) is 0.409. The molecule has 166 valence electrons. The van der Waals surface area contributed by atoms with Crippen molar-refractivity contribution in [3.8, 4) is 23.0 Å². The van der Waals surface area contributed by atoms with Gasteiger partial charge in [-0.2, -0.15) is 0 Å². The summed E-state index contributed by atoms with van der Waals surface area (Å²) in [7, 11) is 6.70. The fourth-order valence-corrected chi connectivity index (χ4v) is 2.82. The lowest BCUT2D eigenvalue weighted by molar-refractivity contribution is 0.308. The highest BCUT2D eigenvalue weighted by molar-refractivity contribution is 14.0. The molecule has 7 nitrogen and oxygen atoms in total. The van der Waals surface area contributed by atoms with Crippen LogP contribution in [-0.4, -0.2) is 47.5 Å². The number of nitrogens with zero attached hydrogens (tertiary/aromatic N) is 1. The molecule has 0 radical (unpaired) electrons. The Morgan fingerprint density at radius 1 is 0.967 bits per heavy atom. The van der Waals surface area contributed by atoms with Crippen LogP contribution in [0.15, 0.2) is 47.5 Å². The molecule has 2 aromatic rings. The molecule has 0 aliphatic heterocycles. The van der Waals surface area contributed by atoms with E-state index in [2.05, 4.69) is 22.5 Å². The van der Waals surface area contributed by atoms with Crippen molar-refractivity contribution in [2.75, 3.05) is 41.5 Å². The highest BCUT2D eigenvalue weighted by atomic mass is 127. The number of rotatable bonds is 10. The Bertz CT molecular complexity index is 802. The van der Waals surface area contributed by atoms with Gasteiger partial charge in [-0.1, -0.05) is 6.07 Å². The lowest BCUT2D eigenvalue weighted by atomic mass is 10.1. The van der Waals surface area contributed by atoms with Crippen LogP contribution in [0.3, 0.4) is 0 Å². The van der Waals surface area contributed by atoms with Gasteiger partial charge in [-0.25, -0.2) is 0 Å². The monoisotopic (exact) mass is 529 g/mol. The average molecular weight is 529 g/mol. The summed E-state index contributed by atoms with van der Waals surface area (Å²) in [6.45, 7) is 3.37. The molecule has 0 aliphatic rings. The van der Waals surface area contributed by atoms with Gasteiger partial charge in [-0.15, -0.1) is 24.0 Å². The van der Waals surface area contributed by atoms with E-state index in [0.717, 1.165) is 41.5 Å². The first kappa shape index (κ1) is 25.7. The van der Waals surface area contributed by atoms with Gasteiger partial charge in [0.25, 0.3) is 0 Å². The Balaban J connectivity index is 0.00000450. The largest absolute Gasteiger partial charge is 0.497 e. The normalized spacial score (nSPS) is 11.7. The SMILES string of the molecule is CN=C(NCCCOc1cccc(OC)c1)NC(C)c1cc(OC)ccc1OC.I. The molecule has 2 aromatic carbocycles. The van der Waals surface area contributed by atoms with Crippen LogP contribution in [0.1, 0.15) is 24.9 Å². The summed E-state index contributed by atoms with van der Waals surface area (Å²) in [6.07, 6.45) is 0.828. The van der Waals surface area contributed by atoms with Gasteiger partial charge >= 0.3 is 0 Å². The molecule has 2 rings (SSSR count). The predicted octanol–water partition coefficient (Wildman–Crippen LogP) is 4.03. The van der Waals surface area contributed by atoms with Gasteiger partial charge in [0.1, 0.15) is 23.0 Å². The number of aliphatic imine (C=N–C) groups is 1. The average Bonchev–Trinajstić information content (AvgIpc) is 2.77. The summed E-state index contributed by atoms with van der Waals surface area (Å²) in [4.78, 5) is 4.30. The standard InChI is InChI=1S/C22H31N3O4.HI/c1-16(20-15-18(27-4)10-11-21(20)28-5)25-22(23-2)24-12-7-13-29-19-9-6-8-17(14-19)26-3;/h6,8-11,14-16H,7,12-13H2,1-5H3,(H2,23,24,25);1H. The zero-order chi connectivity index (χ0) is 21.1. The lowest BCUT2D eigenvalue weighted by Gasteiger charge is -2.21. The quantitative estimate of drug-likeness (QED) is 0.210. The Kier molecular flexibility index (Phi) is 11.8. The molecule has 2 N–H and O–H groups in total. The van der Waals surface area contributed by atoms with Crippen molar-refractivity contribution in [2.45, 2.75) is 19.4 Å². The van der Waals surface area contributed by atoms with E-state index in [1.54, 1.807) is 28.4 Å². The molecule has 1 unspecified atom stereocenters. The molecule has 0 spiro atoms. The third kappa shape index (κ3) is 7.81. The minimum absolute atomic E-state index is 0. The number of guanidine groups is 1. The van der Waals surface area contributed by atoms with Crippen molar-refractivity contribution in [3.05, 3.63) is 48.0 Å². The highest BCUT2D eigenvalue weighted by Crippen LogP contribution is 2.29. The molecule has 0 fully saturated rings. The van der Waals surface area contributed by atoms with E-state index in [1.807, 2.05) is 42.5 Å². The maximum Gasteiger partial charge on any atom is 0.191 e. The molecular weight excluding hydrogens is 497 g/mol. The smallest absolute Gasteiger partial charge is 0.191 e. The van der Waals surface area contributed by atoms with Gasteiger partial charge in [-0.05, 0) is 43.7 Å². The Hall–Kier alpha value is -2.36. The van der Waals surface area contributed by atoms with Crippen LogP contribution >= 0.6 is 24.0 Å². The molecule has 0 amide bonds. The first-order chi connectivity index (χ1) is 14.1. The second-order valence-corrected chi connectivity index (χ2v) is 6.35. The Labute approximate surface area is 196 Å². The van der Waals surface area contributed by atoms with Crippen LogP contribution in [0.25, 0.3) is 0 Å². The van der Waals surface area contributed by atoms with E-state index in [4.69, 9.17) is 18.9 Å².